The second kappa shape index (κ2) is 5.93. The fourth-order valence-electron chi connectivity index (χ4n) is 2.13. The number of amides is 1. The van der Waals surface area contributed by atoms with Gasteiger partial charge in [0.1, 0.15) is 5.75 Å². The lowest BCUT2D eigenvalue weighted by Crippen LogP contribution is -2.52. The van der Waals surface area contributed by atoms with E-state index in [0.717, 1.165) is 6.42 Å². The van der Waals surface area contributed by atoms with E-state index in [-0.39, 0.29) is 24.2 Å². The van der Waals surface area contributed by atoms with E-state index in [1.54, 1.807) is 24.3 Å². The highest BCUT2D eigenvalue weighted by atomic mass is 16.5. The molecule has 0 radical (unpaired) electrons. The van der Waals surface area contributed by atoms with Gasteiger partial charge in [0.05, 0.1) is 23.3 Å². The Morgan fingerprint density at radius 2 is 2.25 bits per heavy atom. The number of ether oxygens (including phenoxy) is 2. The number of hydrogen-bond donors (Lipinski definition) is 1. The highest BCUT2D eigenvalue weighted by Crippen LogP contribution is 2.24. The van der Waals surface area contributed by atoms with Crippen molar-refractivity contribution in [3.05, 3.63) is 29.8 Å². The van der Waals surface area contributed by atoms with Crippen molar-refractivity contribution in [1.29, 1.82) is 5.26 Å². The fourth-order valence-corrected chi connectivity index (χ4v) is 2.13. The van der Waals surface area contributed by atoms with Crippen LogP contribution in [0.1, 0.15) is 25.8 Å². The van der Waals surface area contributed by atoms with Gasteiger partial charge in [0.2, 0.25) is 0 Å². The zero-order valence-electron chi connectivity index (χ0n) is 11.7. The van der Waals surface area contributed by atoms with Crippen molar-refractivity contribution in [2.24, 2.45) is 0 Å². The maximum atomic E-state index is 11.9. The Bertz CT molecular complexity index is 521. The standard InChI is InChI=1S/C15H18N2O3/c1-11-15(2,7-8-19-11)17-14(18)10-20-13-5-3-12(9-16)4-6-13/h3-6,11H,7-8,10H2,1-2H3,(H,17,18). The van der Waals surface area contributed by atoms with Crippen molar-refractivity contribution in [3.63, 3.8) is 0 Å². The highest BCUT2D eigenvalue weighted by molar-refractivity contribution is 5.78. The van der Waals surface area contributed by atoms with Gasteiger partial charge in [0, 0.05) is 6.61 Å². The fraction of sp³-hybridized carbons (Fsp3) is 0.467. The number of nitrogens with one attached hydrogen (secondary N) is 1. The molecule has 1 aliphatic heterocycles. The Labute approximate surface area is 118 Å². The first-order chi connectivity index (χ1) is 9.53. The topological polar surface area (TPSA) is 71.3 Å². The van der Waals surface area contributed by atoms with Gasteiger partial charge in [0.25, 0.3) is 5.91 Å². The number of hydrogen-bond acceptors (Lipinski definition) is 4. The molecule has 1 aromatic carbocycles. The van der Waals surface area contributed by atoms with Gasteiger partial charge in [-0.25, -0.2) is 0 Å². The lowest BCUT2D eigenvalue weighted by Gasteiger charge is -2.28. The predicted octanol–water partition coefficient (Wildman–Crippen LogP) is 1.62. The van der Waals surface area contributed by atoms with E-state index in [1.165, 1.54) is 0 Å². The van der Waals surface area contributed by atoms with Gasteiger partial charge >= 0.3 is 0 Å². The van der Waals surface area contributed by atoms with Gasteiger partial charge in [-0.05, 0) is 44.5 Å². The zero-order valence-corrected chi connectivity index (χ0v) is 11.7. The molecular formula is C15H18N2O3. The maximum Gasteiger partial charge on any atom is 0.258 e. The summed E-state index contributed by atoms with van der Waals surface area (Å²) in [5, 5.41) is 11.6. The number of carbonyl (C=O) groups excluding carboxylic acids is 1. The first-order valence-corrected chi connectivity index (χ1v) is 6.59. The quantitative estimate of drug-likeness (QED) is 0.905. The van der Waals surface area contributed by atoms with Crippen LogP contribution in [0.5, 0.6) is 5.75 Å². The Balaban J connectivity index is 1.84. The highest BCUT2D eigenvalue weighted by Gasteiger charge is 2.38. The molecule has 1 saturated heterocycles. The largest absolute Gasteiger partial charge is 0.484 e. The molecule has 1 aromatic rings. The number of benzene rings is 1. The first kappa shape index (κ1) is 14.4. The molecular weight excluding hydrogens is 256 g/mol. The van der Waals surface area contributed by atoms with Crippen LogP contribution < -0.4 is 10.1 Å². The minimum atomic E-state index is -0.328. The Hall–Kier alpha value is -2.06. The van der Waals surface area contributed by atoms with Crippen molar-refractivity contribution in [1.82, 2.24) is 5.32 Å². The van der Waals surface area contributed by atoms with E-state index in [4.69, 9.17) is 14.7 Å². The van der Waals surface area contributed by atoms with Gasteiger partial charge < -0.3 is 14.8 Å². The minimum Gasteiger partial charge on any atom is -0.484 e. The van der Waals surface area contributed by atoms with Crippen molar-refractivity contribution in [3.8, 4) is 11.8 Å². The SMILES string of the molecule is CC1OCCC1(C)NC(=O)COc1ccc(C#N)cc1. The van der Waals surface area contributed by atoms with E-state index in [0.29, 0.717) is 17.9 Å². The molecule has 2 rings (SSSR count). The average Bonchev–Trinajstić information content (AvgIpc) is 2.76. The molecule has 1 amide bonds. The number of carbonyl (C=O) groups is 1. The summed E-state index contributed by atoms with van der Waals surface area (Å²) in [5.41, 5.74) is 0.233. The van der Waals surface area contributed by atoms with Crippen molar-refractivity contribution in [2.75, 3.05) is 13.2 Å². The Morgan fingerprint density at radius 3 is 2.80 bits per heavy atom. The molecule has 106 valence electrons. The number of rotatable bonds is 4. The molecule has 1 heterocycles. The summed E-state index contributed by atoms with van der Waals surface area (Å²) in [4.78, 5) is 11.9. The third-order valence-corrected chi connectivity index (χ3v) is 3.66. The van der Waals surface area contributed by atoms with E-state index in [1.807, 2.05) is 19.9 Å². The molecule has 0 saturated carbocycles. The summed E-state index contributed by atoms with van der Waals surface area (Å²) in [6, 6.07) is 8.69. The monoisotopic (exact) mass is 274 g/mol. The van der Waals surface area contributed by atoms with E-state index in [2.05, 4.69) is 5.32 Å². The smallest absolute Gasteiger partial charge is 0.258 e. The predicted molar refractivity (Wildman–Crippen MR) is 73.2 cm³/mol. The van der Waals surface area contributed by atoms with E-state index < -0.39 is 0 Å². The molecule has 5 heteroatoms. The van der Waals surface area contributed by atoms with Crippen LogP contribution in [0.3, 0.4) is 0 Å². The van der Waals surface area contributed by atoms with Crippen LogP contribution in [0.15, 0.2) is 24.3 Å². The normalized spacial score (nSPS) is 24.9. The molecule has 0 bridgehead atoms. The second-order valence-corrected chi connectivity index (χ2v) is 5.15. The van der Waals surface area contributed by atoms with Crippen molar-refractivity contribution >= 4 is 5.91 Å². The third-order valence-electron chi connectivity index (χ3n) is 3.66. The average molecular weight is 274 g/mol. The summed E-state index contributed by atoms with van der Waals surface area (Å²) in [7, 11) is 0. The van der Waals surface area contributed by atoms with Gasteiger partial charge in [-0.1, -0.05) is 0 Å². The molecule has 2 unspecified atom stereocenters. The molecule has 2 atom stereocenters. The van der Waals surface area contributed by atoms with Gasteiger partial charge in [0.15, 0.2) is 6.61 Å². The molecule has 20 heavy (non-hydrogen) atoms. The van der Waals surface area contributed by atoms with E-state index >= 15 is 0 Å². The van der Waals surface area contributed by atoms with Crippen molar-refractivity contribution < 1.29 is 14.3 Å². The summed E-state index contributed by atoms with van der Waals surface area (Å²) in [5.74, 6) is 0.397. The molecule has 0 aromatic heterocycles. The summed E-state index contributed by atoms with van der Waals surface area (Å²) in [6.45, 7) is 4.54. The van der Waals surface area contributed by atoms with Gasteiger partial charge in [-0.3, -0.25) is 4.79 Å². The Kier molecular flexibility index (Phi) is 4.26. The molecule has 5 nitrogen and oxygen atoms in total. The molecule has 1 fully saturated rings. The van der Waals surface area contributed by atoms with Crippen LogP contribution in [-0.2, 0) is 9.53 Å². The van der Waals surface area contributed by atoms with Crippen LogP contribution in [0, 0.1) is 11.3 Å². The summed E-state index contributed by atoms with van der Waals surface area (Å²) in [6.07, 6.45) is 0.804. The molecule has 0 spiro atoms. The van der Waals surface area contributed by atoms with Crippen LogP contribution in [0.25, 0.3) is 0 Å². The maximum absolute atomic E-state index is 11.9. The molecule has 1 N–H and O–H groups in total. The first-order valence-electron chi connectivity index (χ1n) is 6.59. The van der Waals surface area contributed by atoms with Crippen LogP contribution in [0.4, 0.5) is 0 Å². The van der Waals surface area contributed by atoms with Crippen molar-refractivity contribution in [2.45, 2.75) is 31.9 Å². The van der Waals surface area contributed by atoms with Crippen LogP contribution in [-0.4, -0.2) is 30.8 Å². The minimum absolute atomic E-state index is 0.00126. The number of nitriles is 1. The number of nitrogens with zero attached hydrogens (tertiary/aromatic N) is 1. The summed E-state index contributed by atoms with van der Waals surface area (Å²) >= 11 is 0. The van der Waals surface area contributed by atoms with E-state index in [9.17, 15) is 4.79 Å². The summed E-state index contributed by atoms with van der Waals surface area (Å²) < 4.78 is 10.9. The van der Waals surface area contributed by atoms with Crippen LogP contribution >= 0.6 is 0 Å². The molecule has 0 aliphatic carbocycles. The lowest BCUT2D eigenvalue weighted by molar-refractivity contribution is -0.125. The zero-order chi connectivity index (χ0) is 14.6. The molecule has 1 aliphatic rings. The van der Waals surface area contributed by atoms with Gasteiger partial charge in [-0.2, -0.15) is 5.26 Å². The van der Waals surface area contributed by atoms with Crippen LogP contribution in [0.2, 0.25) is 0 Å². The Morgan fingerprint density at radius 1 is 1.55 bits per heavy atom. The lowest BCUT2D eigenvalue weighted by atomic mass is 9.95. The second-order valence-electron chi connectivity index (χ2n) is 5.15. The third kappa shape index (κ3) is 3.28. The van der Waals surface area contributed by atoms with Gasteiger partial charge in [-0.15, -0.1) is 0 Å².